The summed E-state index contributed by atoms with van der Waals surface area (Å²) in [5, 5.41) is 1.83. The summed E-state index contributed by atoms with van der Waals surface area (Å²) >= 11 is 1.37. The molecule has 0 saturated carbocycles. The van der Waals surface area contributed by atoms with Crippen LogP contribution in [0.4, 0.5) is 0 Å². The first kappa shape index (κ1) is 17.9. The Bertz CT molecular complexity index is 732. The summed E-state index contributed by atoms with van der Waals surface area (Å²) in [4.78, 5) is 37.8. The second-order valence-electron chi connectivity index (χ2n) is 5.32. The number of amides is 1. The molecule has 7 heteroatoms. The number of ketones is 1. The molecule has 0 N–H and O–H groups in total. The van der Waals surface area contributed by atoms with E-state index in [-0.39, 0.29) is 31.1 Å². The summed E-state index contributed by atoms with van der Waals surface area (Å²) in [5.41, 5.74) is 0.348. The lowest BCUT2D eigenvalue weighted by molar-refractivity contribution is -0.130. The van der Waals surface area contributed by atoms with Crippen LogP contribution in [0.15, 0.2) is 28.0 Å². The topological polar surface area (TPSA) is 76.8 Å². The standard InChI is InChI=1S/C17H19NO5S/c1-11-13(17(21)22-3)9-12(23-11)10-18(2)16(20)7-6-14(19)15-5-4-8-24-15/h4-5,8-9H,6-7,10H2,1-3H3. The first-order chi connectivity index (χ1) is 11.4. The zero-order chi connectivity index (χ0) is 17.7. The van der Waals surface area contributed by atoms with Crippen LogP contribution in [0, 0.1) is 6.92 Å². The molecule has 0 aromatic carbocycles. The van der Waals surface area contributed by atoms with E-state index < -0.39 is 5.97 Å². The highest BCUT2D eigenvalue weighted by molar-refractivity contribution is 7.12. The molecule has 0 aliphatic rings. The number of esters is 1. The van der Waals surface area contributed by atoms with E-state index in [0.717, 1.165) is 0 Å². The van der Waals surface area contributed by atoms with Crippen molar-refractivity contribution in [3.8, 4) is 0 Å². The van der Waals surface area contributed by atoms with Crippen molar-refractivity contribution in [3.63, 3.8) is 0 Å². The number of Topliss-reactive ketones (excluding diaryl/α,β-unsaturated/α-hetero) is 1. The third-order valence-electron chi connectivity index (χ3n) is 3.55. The van der Waals surface area contributed by atoms with E-state index in [2.05, 4.69) is 4.74 Å². The highest BCUT2D eigenvalue weighted by atomic mass is 32.1. The number of carbonyl (C=O) groups is 3. The van der Waals surface area contributed by atoms with E-state index in [1.807, 2.05) is 11.4 Å². The van der Waals surface area contributed by atoms with Crippen LogP contribution in [-0.4, -0.2) is 36.7 Å². The predicted molar refractivity (Wildman–Crippen MR) is 89.1 cm³/mol. The Morgan fingerprint density at radius 3 is 2.67 bits per heavy atom. The van der Waals surface area contributed by atoms with Gasteiger partial charge >= 0.3 is 5.97 Å². The van der Waals surface area contributed by atoms with E-state index in [9.17, 15) is 14.4 Å². The largest absolute Gasteiger partial charge is 0.465 e. The van der Waals surface area contributed by atoms with Gasteiger partial charge in [0.1, 0.15) is 17.1 Å². The van der Waals surface area contributed by atoms with E-state index in [4.69, 9.17) is 4.42 Å². The van der Waals surface area contributed by atoms with Gasteiger partial charge in [0.25, 0.3) is 0 Å². The van der Waals surface area contributed by atoms with Gasteiger partial charge < -0.3 is 14.1 Å². The van der Waals surface area contributed by atoms with Crippen molar-refractivity contribution in [2.24, 2.45) is 0 Å². The third-order valence-corrected chi connectivity index (χ3v) is 4.47. The van der Waals surface area contributed by atoms with Gasteiger partial charge in [0.15, 0.2) is 5.78 Å². The first-order valence-electron chi connectivity index (χ1n) is 7.40. The Morgan fingerprint density at radius 2 is 2.04 bits per heavy atom. The van der Waals surface area contributed by atoms with E-state index >= 15 is 0 Å². The lowest BCUT2D eigenvalue weighted by atomic mass is 10.2. The van der Waals surface area contributed by atoms with Gasteiger partial charge in [0, 0.05) is 19.9 Å². The van der Waals surface area contributed by atoms with Crippen LogP contribution < -0.4 is 0 Å². The quantitative estimate of drug-likeness (QED) is 0.567. The van der Waals surface area contributed by atoms with Crippen molar-refractivity contribution >= 4 is 29.0 Å². The summed E-state index contributed by atoms with van der Waals surface area (Å²) < 4.78 is 10.2. The predicted octanol–water partition coefficient (Wildman–Crippen LogP) is 3.06. The molecule has 0 unspecified atom stereocenters. The number of nitrogens with zero attached hydrogens (tertiary/aromatic N) is 1. The van der Waals surface area contributed by atoms with Crippen LogP contribution >= 0.6 is 11.3 Å². The second kappa shape index (κ2) is 7.92. The second-order valence-corrected chi connectivity index (χ2v) is 6.27. The number of hydrogen-bond donors (Lipinski definition) is 0. The number of ether oxygens (including phenoxy) is 1. The molecule has 2 aromatic heterocycles. The molecule has 2 heterocycles. The molecule has 2 aromatic rings. The fourth-order valence-electron chi connectivity index (χ4n) is 2.23. The lowest BCUT2D eigenvalue weighted by Crippen LogP contribution is -2.26. The molecule has 2 rings (SSSR count). The number of aryl methyl sites for hydroxylation is 1. The molecule has 0 bridgehead atoms. The Hall–Kier alpha value is -2.41. The van der Waals surface area contributed by atoms with Crippen molar-refractivity contribution < 1.29 is 23.5 Å². The average Bonchev–Trinajstić information content (AvgIpc) is 3.21. The number of furan rings is 1. The SMILES string of the molecule is COC(=O)c1cc(CN(C)C(=O)CCC(=O)c2cccs2)oc1C. The van der Waals surface area contributed by atoms with Crippen LogP contribution in [0.2, 0.25) is 0 Å². The van der Waals surface area contributed by atoms with Gasteiger partial charge in [-0.2, -0.15) is 0 Å². The molecule has 0 aliphatic heterocycles. The maximum atomic E-state index is 12.1. The van der Waals surface area contributed by atoms with Gasteiger partial charge in [-0.05, 0) is 24.4 Å². The minimum Gasteiger partial charge on any atom is -0.465 e. The van der Waals surface area contributed by atoms with Gasteiger partial charge in [-0.25, -0.2) is 4.79 Å². The fourth-order valence-corrected chi connectivity index (χ4v) is 2.92. The van der Waals surface area contributed by atoms with Crippen molar-refractivity contribution in [1.82, 2.24) is 4.90 Å². The Balaban J connectivity index is 1.89. The molecule has 0 atom stereocenters. The molecule has 0 fully saturated rings. The van der Waals surface area contributed by atoms with Crippen molar-refractivity contribution in [1.29, 1.82) is 0 Å². The summed E-state index contributed by atoms with van der Waals surface area (Å²) in [5.74, 6) is 0.277. The molecule has 128 valence electrons. The highest BCUT2D eigenvalue weighted by Crippen LogP contribution is 2.18. The Kier molecular flexibility index (Phi) is 5.92. The number of hydrogen-bond acceptors (Lipinski definition) is 6. The summed E-state index contributed by atoms with van der Waals surface area (Å²) in [7, 11) is 2.93. The highest BCUT2D eigenvalue weighted by Gasteiger charge is 2.18. The van der Waals surface area contributed by atoms with Crippen molar-refractivity contribution in [2.75, 3.05) is 14.2 Å². The lowest BCUT2D eigenvalue weighted by Gasteiger charge is -2.15. The van der Waals surface area contributed by atoms with Gasteiger partial charge in [0.05, 0.1) is 18.5 Å². The van der Waals surface area contributed by atoms with Crippen molar-refractivity contribution in [2.45, 2.75) is 26.3 Å². The molecule has 0 radical (unpaired) electrons. The van der Waals surface area contributed by atoms with Gasteiger partial charge in [-0.1, -0.05) is 6.07 Å². The number of methoxy groups -OCH3 is 1. The fraction of sp³-hybridized carbons (Fsp3) is 0.353. The number of carbonyl (C=O) groups excluding carboxylic acids is 3. The van der Waals surface area contributed by atoms with E-state index in [1.165, 1.54) is 23.3 Å². The summed E-state index contributed by atoms with van der Waals surface area (Å²) in [6.07, 6.45) is 0.311. The van der Waals surface area contributed by atoms with Crippen LogP contribution in [0.5, 0.6) is 0 Å². The normalized spacial score (nSPS) is 10.5. The molecule has 24 heavy (non-hydrogen) atoms. The van der Waals surface area contributed by atoms with Crippen LogP contribution in [-0.2, 0) is 16.1 Å². The molecule has 6 nitrogen and oxygen atoms in total. The van der Waals surface area contributed by atoms with Gasteiger partial charge in [0.2, 0.25) is 5.91 Å². The zero-order valence-corrected chi connectivity index (χ0v) is 14.6. The van der Waals surface area contributed by atoms with E-state index in [1.54, 1.807) is 26.1 Å². The summed E-state index contributed by atoms with van der Waals surface area (Å²) in [6, 6.07) is 5.13. The monoisotopic (exact) mass is 349 g/mol. The van der Waals surface area contributed by atoms with E-state index in [0.29, 0.717) is 22.0 Å². The third kappa shape index (κ3) is 4.32. The van der Waals surface area contributed by atoms with Crippen LogP contribution in [0.3, 0.4) is 0 Å². The minimum atomic E-state index is -0.474. The number of rotatable bonds is 7. The number of thiophene rings is 1. The zero-order valence-electron chi connectivity index (χ0n) is 13.8. The first-order valence-corrected chi connectivity index (χ1v) is 8.28. The average molecular weight is 349 g/mol. The van der Waals surface area contributed by atoms with Crippen LogP contribution in [0.25, 0.3) is 0 Å². The molecular formula is C17H19NO5S. The maximum absolute atomic E-state index is 12.1. The Labute approximate surface area is 144 Å². The molecule has 0 aliphatic carbocycles. The molecular weight excluding hydrogens is 330 g/mol. The minimum absolute atomic E-state index is 0.0337. The van der Waals surface area contributed by atoms with Gasteiger partial charge in [-0.15, -0.1) is 11.3 Å². The summed E-state index contributed by atoms with van der Waals surface area (Å²) in [6.45, 7) is 1.89. The molecule has 0 saturated heterocycles. The molecule has 1 amide bonds. The maximum Gasteiger partial charge on any atom is 0.341 e. The van der Waals surface area contributed by atoms with Crippen molar-refractivity contribution in [3.05, 3.63) is 45.5 Å². The Morgan fingerprint density at radius 1 is 1.29 bits per heavy atom. The van der Waals surface area contributed by atoms with Crippen LogP contribution in [0.1, 0.15) is 44.4 Å². The molecule has 0 spiro atoms. The smallest absolute Gasteiger partial charge is 0.341 e. The van der Waals surface area contributed by atoms with Gasteiger partial charge in [-0.3, -0.25) is 9.59 Å².